The summed E-state index contributed by atoms with van der Waals surface area (Å²) < 4.78 is 10.1. The number of rotatable bonds is 0. The fourth-order valence-corrected chi connectivity index (χ4v) is 2.00. The second-order valence-corrected chi connectivity index (χ2v) is 4.85. The van der Waals surface area contributed by atoms with Crippen LogP contribution in [0.1, 0.15) is 38.5 Å². The molecule has 3 rings (SSSR count). The zero-order valence-corrected chi connectivity index (χ0v) is 11.7. The van der Waals surface area contributed by atoms with Gasteiger partial charge in [-0.3, -0.25) is 0 Å². The summed E-state index contributed by atoms with van der Waals surface area (Å²) in [6.07, 6.45) is 8.15. The molecule has 0 spiro atoms. The number of nitrogens with one attached hydrogen (secondary N) is 2. The van der Waals surface area contributed by atoms with Gasteiger partial charge in [0.15, 0.2) is 0 Å². The Balaban J connectivity index is 0.000000135. The van der Waals surface area contributed by atoms with Gasteiger partial charge in [0, 0.05) is 26.3 Å². The zero-order chi connectivity index (χ0) is 12.7. The van der Waals surface area contributed by atoms with Crippen LogP contribution in [0.25, 0.3) is 0 Å². The Morgan fingerprint density at radius 1 is 0.444 bits per heavy atom. The highest BCUT2D eigenvalue weighted by Gasteiger charge is 1.95. The van der Waals surface area contributed by atoms with Gasteiger partial charge in [0.1, 0.15) is 0 Å². The predicted octanol–water partition coefficient (Wildman–Crippen LogP) is 1.55. The molecule has 0 radical (unpaired) electrons. The maximum Gasteiger partial charge on any atom is 0.0591 e. The molecule has 3 aliphatic heterocycles. The Morgan fingerprint density at radius 2 is 0.944 bits per heavy atom. The zero-order valence-electron chi connectivity index (χ0n) is 11.7. The van der Waals surface area contributed by atoms with E-state index in [0.717, 1.165) is 39.5 Å². The summed E-state index contributed by atoms with van der Waals surface area (Å²) in [5, 5.41) is 6.44. The molecule has 3 fully saturated rings. The van der Waals surface area contributed by atoms with Gasteiger partial charge in [-0.2, -0.15) is 0 Å². The van der Waals surface area contributed by atoms with E-state index in [-0.39, 0.29) is 0 Å². The van der Waals surface area contributed by atoms with Crippen LogP contribution in [-0.2, 0) is 9.47 Å². The van der Waals surface area contributed by atoms with E-state index in [1.807, 2.05) is 0 Å². The van der Waals surface area contributed by atoms with Crippen molar-refractivity contribution in [2.24, 2.45) is 0 Å². The van der Waals surface area contributed by atoms with Gasteiger partial charge in [0.25, 0.3) is 0 Å². The van der Waals surface area contributed by atoms with Crippen molar-refractivity contribution in [1.82, 2.24) is 10.6 Å². The van der Waals surface area contributed by atoms with Crippen LogP contribution in [0.4, 0.5) is 0 Å². The number of piperidine rings is 1. The SMILES string of the molecule is C1CCNCC1.C1CCOCC1.C1COCCN1. The second-order valence-electron chi connectivity index (χ2n) is 4.85. The molecule has 3 aliphatic rings. The maximum absolute atomic E-state index is 5.07. The average molecular weight is 258 g/mol. The van der Waals surface area contributed by atoms with E-state index < -0.39 is 0 Å². The molecule has 108 valence electrons. The number of hydrogen-bond donors (Lipinski definition) is 2. The summed E-state index contributed by atoms with van der Waals surface area (Å²) in [7, 11) is 0. The smallest absolute Gasteiger partial charge is 0.0591 e. The van der Waals surface area contributed by atoms with Crippen LogP contribution in [0.3, 0.4) is 0 Å². The molecule has 0 aromatic carbocycles. The molecular weight excluding hydrogens is 228 g/mol. The lowest BCUT2D eigenvalue weighted by Crippen LogP contribution is -2.30. The molecule has 0 aliphatic carbocycles. The normalized spacial score (nSPS) is 24.0. The van der Waals surface area contributed by atoms with Crippen molar-refractivity contribution in [3.63, 3.8) is 0 Å². The van der Waals surface area contributed by atoms with Crippen molar-refractivity contribution < 1.29 is 9.47 Å². The van der Waals surface area contributed by atoms with Gasteiger partial charge in [-0.25, -0.2) is 0 Å². The minimum Gasteiger partial charge on any atom is -0.381 e. The van der Waals surface area contributed by atoms with E-state index in [0.29, 0.717) is 0 Å². The van der Waals surface area contributed by atoms with Gasteiger partial charge in [-0.15, -0.1) is 0 Å². The molecule has 0 unspecified atom stereocenters. The first kappa shape index (κ1) is 15.9. The average Bonchev–Trinajstić information content (AvgIpc) is 2.54. The van der Waals surface area contributed by atoms with Crippen LogP contribution in [0.15, 0.2) is 0 Å². The van der Waals surface area contributed by atoms with E-state index in [1.165, 1.54) is 51.6 Å². The summed E-state index contributed by atoms with van der Waals surface area (Å²) >= 11 is 0. The van der Waals surface area contributed by atoms with Crippen molar-refractivity contribution in [2.75, 3.05) is 52.6 Å². The molecule has 0 aromatic heterocycles. The van der Waals surface area contributed by atoms with E-state index in [9.17, 15) is 0 Å². The Labute approximate surface area is 112 Å². The van der Waals surface area contributed by atoms with Crippen LogP contribution in [0.5, 0.6) is 0 Å². The highest BCUT2D eigenvalue weighted by molar-refractivity contribution is 4.55. The molecular formula is C14H30N2O2. The first-order valence-corrected chi connectivity index (χ1v) is 7.57. The third kappa shape index (κ3) is 11.0. The van der Waals surface area contributed by atoms with Gasteiger partial charge in [0.05, 0.1) is 13.2 Å². The highest BCUT2D eigenvalue weighted by Crippen LogP contribution is 2.02. The summed E-state index contributed by atoms with van der Waals surface area (Å²) in [4.78, 5) is 0. The molecule has 18 heavy (non-hydrogen) atoms. The van der Waals surface area contributed by atoms with Gasteiger partial charge >= 0.3 is 0 Å². The Hall–Kier alpha value is -0.160. The third-order valence-corrected chi connectivity index (χ3v) is 3.13. The molecule has 4 nitrogen and oxygen atoms in total. The monoisotopic (exact) mass is 258 g/mol. The lowest BCUT2D eigenvalue weighted by atomic mass is 10.2. The largest absolute Gasteiger partial charge is 0.381 e. The van der Waals surface area contributed by atoms with Crippen LogP contribution in [-0.4, -0.2) is 52.6 Å². The van der Waals surface area contributed by atoms with E-state index in [1.54, 1.807) is 0 Å². The standard InChI is InChI=1S/C5H11N.C5H10O.C4H9NO/c2*1-2-4-6-5-3-1;1-3-6-4-2-5-1/h6H,1-5H2;1-5H2;5H,1-4H2. The fraction of sp³-hybridized carbons (Fsp3) is 1.00. The molecule has 0 atom stereocenters. The number of ether oxygens (including phenoxy) is 2. The van der Waals surface area contributed by atoms with Gasteiger partial charge in [0.2, 0.25) is 0 Å². The lowest BCUT2D eigenvalue weighted by Gasteiger charge is -2.10. The van der Waals surface area contributed by atoms with Crippen molar-refractivity contribution in [1.29, 1.82) is 0 Å². The van der Waals surface area contributed by atoms with Crippen LogP contribution < -0.4 is 10.6 Å². The molecule has 4 heteroatoms. The fourth-order valence-electron chi connectivity index (χ4n) is 2.00. The summed E-state index contributed by atoms with van der Waals surface area (Å²) in [5.74, 6) is 0. The predicted molar refractivity (Wildman–Crippen MR) is 75.1 cm³/mol. The minimum atomic E-state index is 0.889. The van der Waals surface area contributed by atoms with Crippen LogP contribution in [0, 0.1) is 0 Å². The molecule has 0 saturated carbocycles. The van der Waals surface area contributed by atoms with Gasteiger partial charge in [-0.05, 0) is 45.2 Å². The highest BCUT2D eigenvalue weighted by atomic mass is 16.5. The van der Waals surface area contributed by atoms with Crippen molar-refractivity contribution in [3.8, 4) is 0 Å². The number of morpholine rings is 1. The Kier molecular flexibility index (Phi) is 11.7. The molecule has 0 aromatic rings. The van der Waals surface area contributed by atoms with E-state index in [2.05, 4.69) is 10.6 Å². The minimum absolute atomic E-state index is 0.889. The summed E-state index contributed by atoms with van der Waals surface area (Å²) in [6, 6.07) is 0. The number of hydrogen-bond acceptors (Lipinski definition) is 4. The Morgan fingerprint density at radius 3 is 1.11 bits per heavy atom. The van der Waals surface area contributed by atoms with Crippen LogP contribution >= 0.6 is 0 Å². The molecule has 3 heterocycles. The molecule has 2 N–H and O–H groups in total. The summed E-state index contributed by atoms with van der Waals surface area (Å²) in [5.41, 5.74) is 0. The second kappa shape index (κ2) is 13.3. The Bertz CT molecular complexity index is 92.8. The van der Waals surface area contributed by atoms with Crippen molar-refractivity contribution in [3.05, 3.63) is 0 Å². The lowest BCUT2D eigenvalue weighted by molar-refractivity contribution is 0.0968. The maximum atomic E-state index is 5.07. The molecule has 3 saturated heterocycles. The van der Waals surface area contributed by atoms with E-state index >= 15 is 0 Å². The van der Waals surface area contributed by atoms with Crippen molar-refractivity contribution in [2.45, 2.75) is 38.5 Å². The summed E-state index contributed by atoms with van der Waals surface area (Å²) in [6.45, 7) is 8.33. The topological polar surface area (TPSA) is 42.5 Å². The first-order chi connectivity index (χ1) is 9.00. The first-order valence-electron chi connectivity index (χ1n) is 7.57. The quantitative estimate of drug-likeness (QED) is 0.692. The van der Waals surface area contributed by atoms with Gasteiger partial charge in [-0.1, -0.05) is 6.42 Å². The van der Waals surface area contributed by atoms with Crippen molar-refractivity contribution >= 4 is 0 Å². The molecule has 0 amide bonds. The third-order valence-electron chi connectivity index (χ3n) is 3.13. The van der Waals surface area contributed by atoms with E-state index in [4.69, 9.17) is 9.47 Å². The van der Waals surface area contributed by atoms with Gasteiger partial charge < -0.3 is 20.1 Å². The van der Waals surface area contributed by atoms with Crippen LogP contribution in [0.2, 0.25) is 0 Å². The molecule has 0 bridgehead atoms.